The summed E-state index contributed by atoms with van der Waals surface area (Å²) >= 11 is 0. The summed E-state index contributed by atoms with van der Waals surface area (Å²) in [4.78, 5) is 16.6. The molecule has 0 aromatic heterocycles. The molecule has 1 aliphatic rings. The predicted molar refractivity (Wildman–Crippen MR) is 84.2 cm³/mol. The molecule has 0 bridgehead atoms. The van der Waals surface area contributed by atoms with E-state index in [1.54, 1.807) is 0 Å². The number of β-amino-alcohol motifs (C(OH)–C–C–N with tert-alkyl or cyclic N) is 1. The minimum Gasteiger partial charge on any atom is -0.394 e. The number of carbonyl (C=O) groups is 1. The minimum absolute atomic E-state index is 0.115. The minimum atomic E-state index is -0.641. The lowest BCUT2D eigenvalue weighted by Crippen LogP contribution is -2.51. The second kappa shape index (κ2) is 8.83. The van der Waals surface area contributed by atoms with Crippen LogP contribution < -0.4 is 0 Å². The van der Waals surface area contributed by atoms with Crippen molar-refractivity contribution in [2.24, 2.45) is 11.8 Å². The number of aliphatic hydroxyl groups is 2. The Hall–Kier alpha value is -0.490. The molecule has 21 heavy (non-hydrogen) atoms. The molecule has 0 amide bonds. The van der Waals surface area contributed by atoms with Crippen molar-refractivity contribution in [1.82, 2.24) is 9.80 Å². The molecule has 3 unspecified atom stereocenters. The molecule has 1 heterocycles. The highest BCUT2D eigenvalue weighted by atomic mass is 16.3. The lowest BCUT2D eigenvalue weighted by atomic mass is 9.91. The van der Waals surface area contributed by atoms with Gasteiger partial charge in [-0.3, -0.25) is 14.6 Å². The summed E-state index contributed by atoms with van der Waals surface area (Å²) in [6, 6.07) is 0.410. The summed E-state index contributed by atoms with van der Waals surface area (Å²) in [6.07, 6.45) is 0.272. The van der Waals surface area contributed by atoms with E-state index in [4.69, 9.17) is 5.11 Å². The molecule has 1 saturated heterocycles. The fraction of sp³-hybridized carbons (Fsp3) is 0.938. The van der Waals surface area contributed by atoms with Crippen LogP contribution in [0, 0.1) is 11.8 Å². The van der Waals surface area contributed by atoms with Crippen molar-refractivity contribution in [3.8, 4) is 0 Å². The molecule has 0 aromatic rings. The van der Waals surface area contributed by atoms with Crippen LogP contribution in [0.4, 0.5) is 0 Å². The third-order valence-corrected chi connectivity index (χ3v) is 4.46. The zero-order valence-corrected chi connectivity index (χ0v) is 14.0. The van der Waals surface area contributed by atoms with Crippen molar-refractivity contribution in [3.63, 3.8) is 0 Å². The monoisotopic (exact) mass is 300 g/mol. The average molecular weight is 300 g/mol. The van der Waals surface area contributed by atoms with Gasteiger partial charge in [0.1, 0.15) is 5.78 Å². The summed E-state index contributed by atoms with van der Waals surface area (Å²) in [5, 5.41) is 18.4. The molecular formula is C16H32N2O3. The van der Waals surface area contributed by atoms with Crippen LogP contribution in [0.1, 0.15) is 34.1 Å². The Morgan fingerprint density at radius 3 is 2.14 bits per heavy atom. The molecule has 2 N–H and O–H groups in total. The number of piperazine rings is 1. The van der Waals surface area contributed by atoms with Crippen LogP contribution in [0.15, 0.2) is 0 Å². The second-order valence-corrected chi connectivity index (χ2v) is 6.72. The van der Waals surface area contributed by atoms with Gasteiger partial charge in [0.25, 0.3) is 0 Å². The summed E-state index contributed by atoms with van der Waals surface area (Å²) in [7, 11) is 0. The normalized spacial score (nSPS) is 22.2. The number of Topliss-reactive ketones (excluding diaryl/α,β-unsaturated/α-hetero) is 1. The Bertz CT molecular complexity index is 315. The maximum atomic E-state index is 12.0. The maximum absolute atomic E-state index is 12.0. The van der Waals surface area contributed by atoms with Crippen LogP contribution >= 0.6 is 0 Å². The van der Waals surface area contributed by atoms with Gasteiger partial charge in [0.2, 0.25) is 0 Å². The van der Waals surface area contributed by atoms with Crippen molar-refractivity contribution in [2.75, 3.05) is 39.3 Å². The van der Waals surface area contributed by atoms with Crippen molar-refractivity contribution in [2.45, 2.75) is 46.3 Å². The standard InChI is InChI=1S/C16H32N2O3/c1-12(2)16(21)13(3)9-14(4)18-7-5-17(6-8-18)10-15(20)11-19/h12-15,19-20H,5-11H2,1-4H3. The number of ketones is 1. The van der Waals surface area contributed by atoms with Gasteiger partial charge in [0.15, 0.2) is 0 Å². The van der Waals surface area contributed by atoms with Gasteiger partial charge in [-0.25, -0.2) is 0 Å². The third kappa shape index (κ3) is 6.02. The maximum Gasteiger partial charge on any atom is 0.138 e. The van der Waals surface area contributed by atoms with Gasteiger partial charge in [0.05, 0.1) is 12.7 Å². The zero-order valence-electron chi connectivity index (χ0n) is 14.0. The number of hydrogen-bond donors (Lipinski definition) is 2. The summed E-state index contributed by atoms with van der Waals surface area (Å²) in [5.74, 6) is 0.588. The van der Waals surface area contributed by atoms with E-state index in [1.165, 1.54) is 0 Å². The first kappa shape index (κ1) is 18.6. The third-order valence-electron chi connectivity index (χ3n) is 4.46. The van der Waals surface area contributed by atoms with Gasteiger partial charge in [-0.2, -0.15) is 0 Å². The molecule has 0 aliphatic carbocycles. The number of rotatable bonds is 8. The largest absolute Gasteiger partial charge is 0.394 e. The Morgan fingerprint density at radius 2 is 1.67 bits per heavy atom. The van der Waals surface area contributed by atoms with Gasteiger partial charge >= 0.3 is 0 Å². The molecule has 1 fully saturated rings. The van der Waals surface area contributed by atoms with Crippen LogP contribution in [-0.2, 0) is 4.79 Å². The number of aliphatic hydroxyl groups excluding tert-OH is 2. The number of hydrogen-bond acceptors (Lipinski definition) is 5. The van der Waals surface area contributed by atoms with Crippen LogP contribution in [0.3, 0.4) is 0 Å². The summed E-state index contributed by atoms with van der Waals surface area (Å²) < 4.78 is 0. The van der Waals surface area contributed by atoms with Crippen molar-refractivity contribution < 1.29 is 15.0 Å². The van der Waals surface area contributed by atoms with Crippen LogP contribution in [-0.4, -0.2) is 77.3 Å². The highest BCUT2D eigenvalue weighted by Crippen LogP contribution is 2.17. The molecule has 5 nitrogen and oxygen atoms in total. The van der Waals surface area contributed by atoms with E-state index in [9.17, 15) is 9.90 Å². The molecule has 0 spiro atoms. The van der Waals surface area contributed by atoms with Gasteiger partial charge < -0.3 is 10.2 Å². The van der Waals surface area contributed by atoms with Crippen LogP contribution in [0.25, 0.3) is 0 Å². The molecule has 0 aromatic carbocycles. The average Bonchev–Trinajstić information content (AvgIpc) is 2.46. The fourth-order valence-electron chi connectivity index (χ4n) is 3.09. The molecule has 0 saturated carbocycles. The van der Waals surface area contributed by atoms with Crippen LogP contribution in [0.5, 0.6) is 0 Å². The fourth-order valence-corrected chi connectivity index (χ4v) is 3.09. The number of carbonyl (C=O) groups excluding carboxylic acids is 1. The highest BCUT2D eigenvalue weighted by molar-refractivity contribution is 5.82. The Balaban J connectivity index is 2.34. The van der Waals surface area contributed by atoms with Gasteiger partial charge in [-0.05, 0) is 13.3 Å². The van der Waals surface area contributed by atoms with Crippen molar-refractivity contribution in [3.05, 3.63) is 0 Å². The smallest absolute Gasteiger partial charge is 0.138 e. The molecule has 124 valence electrons. The lowest BCUT2D eigenvalue weighted by Gasteiger charge is -2.39. The van der Waals surface area contributed by atoms with E-state index in [0.29, 0.717) is 18.4 Å². The topological polar surface area (TPSA) is 64.0 Å². The zero-order chi connectivity index (χ0) is 16.0. The molecule has 3 atom stereocenters. The first-order valence-corrected chi connectivity index (χ1v) is 8.14. The van der Waals surface area contributed by atoms with Gasteiger partial charge in [-0.15, -0.1) is 0 Å². The Morgan fingerprint density at radius 1 is 1.10 bits per heavy atom. The molecule has 5 heteroatoms. The van der Waals surface area contributed by atoms with E-state index in [-0.39, 0.29) is 18.4 Å². The SMILES string of the molecule is CC(C)C(=O)C(C)CC(C)N1CCN(CC(O)CO)CC1. The van der Waals surface area contributed by atoms with E-state index in [1.807, 2.05) is 20.8 Å². The highest BCUT2D eigenvalue weighted by Gasteiger charge is 2.25. The van der Waals surface area contributed by atoms with E-state index in [0.717, 1.165) is 32.6 Å². The van der Waals surface area contributed by atoms with Crippen molar-refractivity contribution >= 4 is 5.78 Å². The summed E-state index contributed by atoms with van der Waals surface area (Å²) in [5.41, 5.74) is 0. The number of nitrogens with zero attached hydrogens (tertiary/aromatic N) is 2. The molecular weight excluding hydrogens is 268 g/mol. The first-order valence-electron chi connectivity index (χ1n) is 8.14. The quantitative estimate of drug-likeness (QED) is 0.687. The molecule has 1 rings (SSSR count). The Kier molecular flexibility index (Phi) is 7.81. The molecule has 0 radical (unpaired) electrons. The van der Waals surface area contributed by atoms with Gasteiger partial charge in [0, 0.05) is 50.6 Å². The van der Waals surface area contributed by atoms with E-state index >= 15 is 0 Å². The van der Waals surface area contributed by atoms with Crippen molar-refractivity contribution in [1.29, 1.82) is 0 Å². The first-order chi connectivity index (χ1) is 9.85. The summed E-state index contributed by atoms with van der Waals surface area (Å²) in [6.45, 7) is 12.3. The van der Waals surface area contributed by atoms with Gasteiger partial charge in [-0.1, -0.05) is 20.8 Å². The molecule has 1 aliphatic heterocycles. The lowest BCUT2D eigenvalue weighted by molar-refractivity contribution is -0.126. The Labute approximate surface area is 128 Å². The van der Waals surface area contributed by atoms with Crippen LogP contribution in [0.2, 0.25) is 0 Å². The van der Waals surface area contributed by atoms with E-state index < -0.39 is 6.10 Å². The predicted octanol–water partition coefficient (Wildman–Crippen LogP) is 0.597. The second-order valence-electron chi connectivity index (χ2n) is 6.72. The van der Waals surface area contributed by atoms with E-state index in [2.05, 4.69) is 16.7 Å².